The van der Waals surface area contributed by atoms with E-state index in [9.17, 15) is 13.2 Å². The first kappa shape index (κ1) is 22.5. The highest BCUT2D eigenvalue weighted by Gasteiger charge is 2.51. The molecule has 1 amide bonds. The highest BCUT2D eigenvalue weighted by molar-refractivity contribution is 7.87. The fourth-order valence-electron chi connectivity index (χ4n) is 3.49. The molecule has 0 aromatic carbocycles. The van der Waals surface area contributed by atoms with E-state index in [1.54, 1.807) is 13.8 Å². The van der Waals surface area contributed by atoms with Gasteiger partial charge >= 0.3 is 7.12 Å². The summed E-state index contributed by atoms with van der Waals surface area (Å²) in [5, 5.41) is 20.7. The first-order valence-corrected chi connectivity index (χ1v) is 10.9. The maximum Gasteiger partial charge on any atom is 0.451 e. The van der Waals surface area contributed by atoms with Gasteiger partial charge in [-0.3, -0.25) is 4.79 Å². The molecule has 2 aliphatic rings. The topological polar surface area (TPSA) is 171 Å². The summed E-state index contributed by atoms with van der Waals surface area (Å²) >= 11 is 0. The van der Waals surface area contributed by atoms with E-state index in [0.717, 1.165) is 0 Å². The van der Waals surface area contributed by atoms with Crippen molar-refractivity contribution in [2.45, 2.75) is 69.5 Å². The highest BCUT2D eigenvalue weighted by Crippen LogP contribution is 2.39. The smallest absolute Gasteiger partial charge is 0.427 e. The third-order valence-electron chi connectivity index (χ3n) is 5.56. The first-order chi connectivity index (χ1) is 12.5. The van der Waals surface area contributed by atoms with Crippen LogP contribution in [-0.2, 0) is 15.0 Å². The van der Waals surface area contributed by atoms with Crippen molar-refractivity contribution in [3.63, 3.8) is 0 Å². The third-order valence-corrected chi connectivity index (χ3v) is 7.19. The van der Waals surface area contributed by atoms with Crippen LogP contribution < -0.4 is 21.5 Å². The number of nitrogens with one attached hydrogen (secondary N) is 2. The molecule has 1 aliphatic carbocycles. The van der Waals surface area contributed by atoms with Crippen molar-refractivity contribution in [2.75, 3.05) is 13.1 Å². The van der Waals surface area contributed by atoms with Crippen LogP contribution in [0.25, 0.3) is 0 Å². The molecule has 0 aromatic rings. The van der Waals surface area contributed by atoms with Crippen molar-refractivity contribution >= 4 is 23.2 Å². The van der Waals surface area contributed by atoms with Crippen LogP contribution in [0.4, 0.5) is 0 Å². The molecule has 1 saturated carbocycles. The zero-order chi connectivity index (χ0) is 20.4. The van der Waals surface area contributed by atoms with Gasteiger partial charge in [0.2, 0.25) is 5.91 Å². The Hall–Kier alpha value is -0.755. The van der Waals surface area contributed by atoms with E-state index < -0.39 is 35.0 Å². The maximum atomic E-state index is 12.8. The van der Waals surface area contributed by atoms with Gasteiger partial charge in [0.1, 0.15) is 0 Å². The minimum atomic E-state index is -3.74. The van der Waals surface area contributed by atoms with Gasteiger partial charge in [0, 0.05) is 25.2 Å². The van der Waals surface area contributed by atoms with Gasteiger partial charge in [-0.1, -0.05) is 6.42 Å². The van der Waals surface area contributed by atoms with Gasteiger partial charge in [0.15, 0.2) is 0 Å². The van der Waals surface area contributed by atoms with Crippen LogP contribution in [0.2, 0.25) is 6.32 Å². The Morgan fingerprint density at radius 2 is 1.96 bits per heavy atom. The monoisotopic (exact) mass is 405 g/mol. The number of nitrogens with two attached hydrogens (primary N) is 2. The van der Waals surface area contributed by atoms with Gasteiger partial charge in [-0.2, -0.15) is 17.4 Å². The molecule has 27 heavy (non-hydrogen) atoms. The van der Waals surface area contributed by atoms with Crippen LogP contribution in [0.15, 0.2) is 0 Å². The molecule has 1 heterocycles. The lowest BCUT2D eigenvalue weighted by molar-refractivity contribution is -0.123. The Labute approximate surface area is 161 Å². The summed E-state index contributed by atoms with van der Waals surface area (Å²) in [6.45, 7) is 3.83. The van der Waals surface area contributed by atoms with E-state index in [4.69, 9.17) is 21.5 Å². The standard InChI is InChI=1S/C15H32BN5O5S/c1-10(17)14(22)19-15(5-6-15)11(2)20-27(25,26)21-8-12(13(18)9-21)4-3-7-16(23)24/h10-13,20,23-24H,3-9,17-18H2,1-2H3,(H,19,22)/t10-,11+,12-,13-/m0/s1. The molecule has 1 saturated heterocycles. The normalized spacial score (nSPS) is 27.2. The van der Waals surface area contributed by atoms with Gasteiger partial charge in [-0.05, 0) is 45.3 Å². The van der Waals surface area contributed by atoms with Gasteiger partial charge in [0.25, 0.3) is 10.2 Å². The molecule has 2 fully saturated rings. The van der Waals surface area contributed by atoms with Crippen LogP contribution in [0.1, 0.15) is 39.5 Å². The van der Waals surface area contributed by atoms with Crippen molar-refractivity contribution in [1.29, 1.82) is 0 Å². The summed E-state index contributed by atoms with van der Waals surface area (Å²) in [5.41, 5.74) is 11.1. The molecule has 1 aliphatic heterocycles. The van der Waals surface area contributed by atoms with Gasteiger partial charge in [0.05, 0.1) is 11.6 Å². The molecule has 12 heteroatoms. The molecule has 2 rings (SSSR count). The predicted molar refractivity (Wildman–Crippen MR) is 103 cm³/mol. The number of carbonyl (C=O) groups excluding carboxylic acids is 1. The summed E-state index contributed by atoms with van der Waals surface area (Å²) in [5.74, 6) is -0.323. The second-order valence-corrected chi connectivity index (χ2v) is 9.63. The van der Waals surface area contributed by atoms with Crippen LogP contribution in [-0.4, -0.2) is 72.6 Å². The van der Waals surface area contributed by atoms with Crippen molar-refractivity contribution < 1.29 is 23.3 Å². The molecular weight excluding hydrogens is 373 g/mol. The predicted octanol–water partition coefficient (Wildman–Crippen LogP) is -2.28. The maximum absolute atomic E-state index is 12.8. The Bertz CT molecular complexity index is 628. The van der Waals surface area contributed by atoms with Gasteiger partial charge in [-0.25, -0.2) is 0 Å². The summed E-state index contributed by atoms with van der Waals surface area (Å²) in [6.07, 6.45) is 2.84. The molecule has 156 valence electrons. The molecule has 10 nitrogen and oxygen atoms in total. The van der Waals surface area contributed by atoms with Crippen LogP contribution in [0.5, 0.6) is 0 Å². The summed E-state index contributed by atoms with van der Waals surface area (Å²) in [7, 11) is -5.10. The van der Waals surface area contributed by atoms with Crippen LogP contribution in [0.3, 0.4) is 0 Å². The Morgan fingerprint density at radius 3 is 2.48 bits per heavy atom. The van der Waals surface area contributed by atoms with E-state index in [2.05, 4.69) is 10.0 Å². The quantitative estimate of drug-likeness (QED) is 0.222. The van der Waals surface area contributed by atoms with Gasteiger partial charge < -0.3 is 26.8 Å². The zero-order valence-electron chi connectivity index (χ0n) is 16.0. The minimum Gasteiger partial charge on any atom is -0.427 e. The second kappa shape index (κ2) is 8.72. The van der Waals surface area contributed by atoms with Crippen LogP contribution >= 0.6 is 0 Å². The lowest BCUT2D eigenvalue weighted by atomic mass is 9.82. The SMILES string of the molecule is C[C@H](N)C(=O)NC1([C@@H](C)NS(=O)(=O)N2C[C@H](CCCB(O)O)[C@@H](N)C2)CC1. The van der Waals surface area contributed by atoms with Gasteiger partial charge in [-0.15, -0.1) is 0 Å². The molecular formula is C15H32BN5O5S. The number of nitrogens with zero attached hydrogens (tertiary/aromatic N) is 1. The third kappa shape index (κ3) is 5.86. The van der Waals surface area contributed by atoms with E-state index in [1.807, 2.05) is 0 Å². The number of hydrogen-bond donors (Lipinski definition) is 6. The van der Waals surface area contributed by atoms with E-state index in [1.165, 1.54) is 4.31 Å². The molecule has 8 N–H and O–H groups in total. The van der Waals surface area contributed by atoms with Crippen LogP contribution in [0, 0.1) is 5.92 Å². The Balaban J connectivity index is 1.91. The fourth-order valence-corrected chi connectivity index (χ4v) is 5.07. The fraction of sp³-hybridized carbons (Fsp3) is 0.933. The molecule has 0 spiro atoms. The summed E-state index contributed by atoms with van der Waals surface area (Å²) < 4.78 is 29.5. The molecule has 0 radical (unpaired) electrons. The van der Waals surface area contributed by atoms with Crippen molar-refractivity contribution in [2.24, 2.45) is 17.4 Å². The minimum absolute atomic E-state index is 0.0247. The second-order valence-electron chi connectivity index (χ2n) is 7.93. The lowest BCUT2D eigenvalue weighted by Gasteiger charge is -2.28. The number of rotatable bonds is 10. The molecule has 4 atom stereocenters. The molecule has 0 aromatic heterocycles. The average molecular weight is 405 g/mol. The lowest BCUT2D eigenvalue weighted by Crippen LogP contribution is -2.57. The van der Waals surface area contributed by atoms with Crippen molar-refractivity contribution in [3.8, 4) is 0 Å². The summed E-state index contributed by atoms with van der Waals surface area (Å²) in [4.78, 5) is 11.9. The first-order valence-electron chi connectivity index (χ1n) is 9.43. The molecule has 0 unspecified atom stereocenters. The number of hydrogen-bond acceptors (Lipinski definition) is 7. The van der Waals surface area contributed by atoms with Crippen molar-refractivity contribution in [1.82, 2.24) is 14.3 Å². The van der Waals surface area contributed by atoms with E-state index in [-0.39, 0.29) is 30.7 Å². The Morgan fingerprint density at radius 1 is 1.33 bits per heavy atom. The number of carbonyl (C=O) groups is 1. The largest absolute Gasteiger partial charge is 0.451 e. The van der Waals surface area contributed by atoms with Crippen molar-refractivity contribution in [3.05, 3.63) is 0 Å². The highest BCUT2D eigenvalue weighted by atomic mass is 32.2. The average Bonchev–Trinajstić information content (AvgIpc) is 3.23. The Kier molecular flexibility index (Phi) is 7.28. The molecule has 0 bridgehead atoms. The number of amides is 1. The summed E-state index contributed by atoms with van der Waals surface area (Å²) in [6, 6.07) is -1.41. The van der Waals surface area contributed by atoms with E-state index in [0.29, 0.717) is 32.2 Å². The van der Waals surface area contributed by atoms with E-state index >= 15 is 0 Å². The zero-order valence-corrected chi connectivity index (χ0v) is 16.8.